The third kappa shape index (κ3) is 2.55. The van der Waals surface area contributed by atoms with Crippen LogP contribution in [0.5, 0.6) is 0 Å². The van der Waals surface area contributed by atoms with Crippen LogP contribution in [0.2, 0.25) is 5.02 Å². The SMILES string of the molecule is Cl.NC1CCCN(c2nc3cc(Cl)ccc3o2)C1. The van der Waals surface area contributed by atoms with Gasteiger partial charge in [0, 0.05) is 24.2 Å². The summed E-state index contributed by atoms with van der Waals surface area (Å²) in [4.78, 5) is 6.55. The average molecular weight is 288 g/mol. The summed E-state index contributed by atoms with van der Waals surface area (Å²) in [7, 11) is 0. The zero-order valence-corrected chi connectivity index (χ0v) is 11.4. The molecule has 1 aromatic heterocycles. The Kier molecular flexibility index (Phi) is 4.00. The molecule has 0 saturated carbocycles. The molecule has 2 heterocycles. The molecule has 4 nitrogen and oxygen atoms in total. The molecule has 18 heavy (non-hydrogen) atoms. The van der Waals surface area contributed by atoms with E-state index in [9.17, 15) is 0 Å². The van der Waals surface area contributed by atoms with Crippen LogP contribution < -0.4 is 10.6 Å². The van der Waals surface area contributed by atoms with Crippen molar-refractivity contribution < 1.29 is 4.42 Å². The van der Waals surface area contributed by atoms with Gasteiger partial charge in [-0.1, -0.05) is 11.6 Å². The third-order valence-corrected chi connectivity index (χ3v) is 3.30. The van der Waals surface area contributed by atoms with Gasteiger partial charge in [0.05, 0.1) is 0 Å². The molecule has 0 bridgehead atoms. The molecule has 1 aliphatic heterocycles. The van der Waals surface area contributed by atoms with E-state index >= 15 is 0 Å². The van der Waals surface area contributed by atoms with Crippen molar-refractivity contribution in [1.29, 1.82) is 0 Å². The Morgan fingerprint density at radius 1 is 1.44 bits per heavy atom. The monoisotopic (exact) mass is 287 g/mol. The van der Waals surface area contributed by atoms with E-state index in [0.29, 0.717) is 11.0 Å². The average Bonchev–Trinajstić information content (AvgIpc) is 2.72. The molecule has 98 valence electrons. The number of oxazole rings is 1. The largest absolute Gasteiger partial charge is 0.423 e. The molecule has 0 aliphatic carbocycles. The van der Waals surface area contributed by atoms with E-state index < -0.39 is 0 Å². The lowest BCUT2D eigenvalue weighted by molar-refractivity contribution is 0.467. The van der Waals surface area contributed by atoms with E-state index in [1.807, 2.05) is 12.1 Å². The minimum absolute atomic E-state index is 0. The standard InChI is InChI=1S/C12H14ClN3O.ClH/c13-8-3-4-11-10(6-8)15-12(17-11)16-5-1-2-9(14)7-16;/h3-4,6,9H,1-2,5,7,14H2;1H. The van der Waals surface area contributed by atoms with Gasteiger partial charge in [-0.3, -0.25) is 0 Å². The maximum atomic E-state index is 5.95. The van der Waals surface area contributed by atoms with Crippen LogP contribution in [0.15, 0.2) is 22.6 Å². The fourth-order valence-corrected chi connectivity index (χ4v) is 2.37. The lowest BCUT2D eigenvalue weighted by atomic mass is 10.1. The number of benzene rings is 1. The summed E-state index contributed by atoms with van der Waals surface area (Å²) in [5.41, 5.74) is 7.51. The van der Waals surface area contributed by atoms with Crippen molar-refractivity contribution in [3.05, 3.63) is 23.2 Å². The number of rotatable bonds is 1. The quantitative estimate of drug-likeness (QED) is 0.876. The van der Waals surface area contributed by atoms with Crippen LogP contribution in [0.25, 0.3) is 11.1 Å². The van der Waals surface area contributed by atoms with Crippen molar-refractivity contribution in [3.63, 3.8) is 0 Å². The van der Waals surface area contributed by atoms with E-state index in [1.165, 1.54) is 0 Å². The summed E-state index contributed by atoms with van der Waals surface area (Å²) in [5, 5.41) is 0.674. The van der Waals surface area contributed by atoms with E-state index in [2.05, 4.69) is 9.88 Å². The first kappa shape index (κ1) is 13.5. The number of hydrogen-bond acceptors (Lipinski definition) is 4. The van der Waals surface area contributed by atoms with Crippen LogP contribution in [0.1, 0.15) is 12.8 Å². The fraction of sp³-hybridized carbons (Fsp3) is 0.417. The Hall–Kier alpha value is -0.970. The second-order valence-electron chi connectivity index (χ2n) is 4.46. The Labute approximate surface area is 117 Å². The number of hydrogen-bond donors (Lipinski definition) is 1. The minimum Gasteiger partial charge on any atom is -0.423 e. The molecule has 2 aromatic rings. The minimum atomic E-state index is 0. The van der Waals surface area contributed by atoms with Crippen molar-refractivity contribution in [3.8, 4) is 0 Å². The van der Waals surface area contributed by atoms with Crippen LogP contribution in [-0.2, 0) is 0 Å². The molecular weight excluding hydrogens is 273 g/mol. The van der Waals surface area contributed by atoms with Gasteiger partial charge in [-0.2, -0.15) is 4.98 Å². The first-order chi connectivity index (χ1) is 8.22. The highest BCUT2D eigenvalue weighted by molar-refractivity contribution is 6.31. The molecule has 1 atom stereocenters. The topological polar surface area (TPSA) is 55.3 Å². The van der Waals surface area contributed by atoms with Crippen molar-refractivity contribution >= 4 is 41.1 Å². The number of aromatic nitrogens is 1. The Bertz CT molecular complexity index is 543. The number of nitrogens with zero attached hydrogens (tertiary/aromatic N) is 2. The first-order valence-electron chi connectivity index (χ1n) is 5.79. The molecule has 1 fully saturated rings. The van der Waals surface area contributed by atoms with Crippen molar-refractivity contribution in [1.82, 2.24) is 4.98 Å². The molecular formula is C12H15Cl2N3O. The Morgan fingerprint density at radius 2 is 2.28 bits per heavy atom. The molecule has 1 aromatic carbocycles. The summed E-state index contributed by atoms with van der Waals surface area (Å²) in [5.74, 6) is 0. The summed E-state index contributed by atoms with van der Waals surface area (Å²) in [6.07, 6.45) is 2.16. The van der Waals surface area contributed by atoms with Gasteiger partial charge in [0.1, 0.15) is 5.52 Å². The van der Waals surface area contributed by atoms with Crippen LogP contribution in [-0.4, -0.2) is 24.1 Å². The molecule has 3 rings (SSSR count). The van der Waals surface area contributed by atoms with Gasteiger partial charge in [-0.15, -0.1) is 12.4 Å². The Morgan fingerprint density at radius 3 is 3.06 bits per heavy atom. The van der Waals surface area contributed by atoms with Gasteiger partial charge < -0.3 is 15.1 Å². The molecule has 0 spiro atoms. The zero-order chi connectivity index (χ0) is 11.8. The zero-order valence-electron chi connectivity index (χ0n) is 9.80. The summed E-state index contributed by atoms with van der Waals surface area (Å²) >= 11 is 5.92. The molecule has 1 unspecified atom stereocenters. The molecule has 0 amide bonds. The molecule has 6 heteroatoms. The predicted molar refractivity (Wildman–Crippen MR) is 75.7 cm³/mol. The van der Waals surface area contributed by atoms with Gasteiger partial charge in [0.15, 0.2) is 5.58 Å². The van der Waals surface area contributed by atoms with E-state index in [0.717, 1.165) is 37.0 Å². The second kappa shape index (κ2) is 5.34. The normalized spacial score (nSPS) is 19.9. The Balaban J connectivity index is 0.00000120. The van der Waals surface area contributed by atoms with Crippen LogP contribution in [0.3, 0.4) is 0 Å². The lowest BCUT2D eigenvalue weighted by Gasteiger charge is -2.29. The number of halogens is 2. The van der Waals surface area contributed by atoms with Crippen molar-refractivity contribution in [2.45, 2.75) is 18.9 Å². The van der Waals surface area contributed by atoms with Crippen LogP contribution >= 0.6 is 24.0 Å². The van der Waals surface area contributed by atoms with Gasteiger partial charge in [-0.25, -0.2) is 0 Å². The number of anilines is 1. The highest BCUT2D eigenvalue weighted by atomic mass is 35.5. The predicted octanol–water partition coefficient (Wildman–Crippen LogP) is 2.83. The van der Waals surface area contributed by atoms with Gasteiger partial charge in [0.25, 0.3) is 6.01 Å². The van der Waals surface area contributed by atoms with Gasteiger partial charge in [-0.05, 0) is 31.0 Å². The summed E-state index contributed by atoms with van der Waals surface area (Å²) in [6.45, 7) is 1.76. The maximum absolute atomic E-state index is 5.95. The highest BCUT2D eigenvalue weighted by Gasteiger charge is 2.21. The van der Waals surface area contributed by atoms with Crippen molar-refractivity contribution in [2.24, 2.45) is 5.73 Å². The summed E-state index contributed by atoms with van der Waals surface area (Å²) in [6, 6.07) is 6.33. The molecule has 1 aliphatic rings. The fourth-order valence-electron chi connectivity index (χ4n) is 2.21. The van der Waals surface area contributed by atoms with E-state index in [-0.39, 0.29) is 18.4 Å². The molecule has 1 saturated heterocycles. The van der Waals surface area contributed by atoms with Crippen LogP contribution in [0, 0.1) is 0 Å². The third-order valence-electron chi connectivity index (χ3n) is 3.07. The smallest absolute Gasteiger partial charge is 0.298 e. The molecule has 0 radical (unpaired) electrons. The van der Waals surface area contributed by atoms with Gasteiger partial charge in [0.2, 0.25) is 0 Å². The van der Waals surface area contributed by atoms with Crippen LogP contribution in [0.4, 0.5) is 6.01 Å². The number of nitrogens with two attached hydrogens (primary N) is 1. The number of fused-ring (bicyclic) bond motifs is 1. The lowest BCUT2D eigenvalue weighted by Crippen LogP contribution is -2.42. The van der Waals surface area contributed by atoms with E-state index in [1.54, 1.807) is 6.07 Å². The maximum Gasteiger partial charge on any atom is 0.298 e. The van der Waals surface area contributed by atoms with Gasteiger partial charge >= 0.3 is 0 Å². The summed E-state index contributed by atoms with van der Waals surface area (Å²) < 4.78 is 5.71. The first-order valence-corrected chi connectivity index (χ1v) is 6.17. The van der Waals surface area contributed by atoms with E-state index in [4.69, 9.17) is 21.8 Å². The van der Waals surface area contributed by atoms with Crippen molar-refractivity contribution in [2.75, 3.05) is 18.0 Å². The molecule has 2 N–H and O–H groups in total. The number of piperidine rings is 1. The second-order valence-corrected chi connectivity index (χ2v) is 4.89. The highest BCUT2D eigenvalue weighted by Crippen LogP contribution is 2.26.